The fourth-order valence-corrected chi connectivity index (χ4v) is 3.28. The second-order valence-electron chi connectivity index (χ2n) is 6.67. The summed E-state index contributed by atoms with van der Waals surface area (Å²) in [6.45, 7) is 3.66. The minimum atomic E-state index is -0.972. The molecular formula is C22H22ClN3O3. The number of ether oxygens (including phenoxy) is 1. The highest BCUT2D eigenvalue weighted by atomic mass is 35.5. The largest absolute Gasteiger partial charge is 0.449 e. The Labute approximate surface area is 174 Å². The monoisotopic (exact) mass is 411 g/mol. The normalized spacial score (nSPS) is 11.7. The summed E-state index contributed by atoms with van der Waals surface area (Å²) in [7, 11) is 1.64. The molecule has 0 fully saturated rings. The minimum absolute atomic E-state index is 0.171. The van der Waals surface area contributed by atoms with Gasteiger partial charge in [-0.1, -0.05) is 60.1 Å². The lowest BCUT2D eigenvalue weighted by Gasteiger charge is -2.21. The molecule has 3 aromatic rings. The fourth-order valence-electron chi connectivity index (χ4n) is 2.97. The van der Waals surface area contributed by atoms with Gasteiger partial charge in [-0.05, 0) is 31.5 Å². The van der Waals surface area contributed by atoms with Gasteiger partial charge in [0, 0.05) is 12.7 Å². The second-order valence-corrected chi connectivity index (χ2v) is 7.03. The van der Waals surface area contributed by atoms with Crippen LogP contribution in [0.4, 0.5) is 5.69 Å². The van der Waals surface area contributed by atoms with Crippen LogP contribution in [0.3, 0.4) is 0 Å². The summed E-state index contributed by atoms with van der Waals surface area (Å²) in [6.07, 6.45) is -0.972. The van der Waals surface area contributed by atoms with E-state index in [2.05, 4.69) is 5.10 Å². The van der Waals surface area contributed by atoms with E-state index >= 15 is 0 Å². The average molecular weight is 412 g/mol. The Morgan fingerprint density at radius 2 is 1.69 bits per heavy atom. The molecule has 29 heavy (non-hydrogen) atoms. The number of likely N-dealkylation sites (N-methyl/N-ethyl adjacent to an activating group) is 1. The highest BCUT2D eigenvalue weighted by molar-refractivity contribution is 6.32. The number of aryl methyl sites for hydroxylation is 1. The first-order valence-corrected chi connectivity index (χ1v) is 9.56. The van der Waals surface area contributed by atoms with Crippen molar-refractivity contribution in [3.63, 3.8) is 0 Å². The van der Waals surface area contributed by atoms with E-state index in [1.165, 1.54) is 11.8 Å². The number of hydrogen-bond donors (Lipinski definition) is 0. The quantitative estimate of drug-likeness (QED) is 0.573. The zero-order chi connectivity index (χ0) is 21.0. The highest BCUT2D eigenvalue weighted by Gasteiger charge is 2.27. The van der Waals surface area contributed by atoms with E-state index in [1.54, 1.807) is 30.8 Å². The van der Waals surface area contributed by atoms with Gasteiger partial charge in [0.05, 0.1) is 12.2 Å². The van der Waals surface area contributed by atoms with E-state index in [-0.39, 0.29) is 16.6 Å². The number of anilines is 1. The number of carbonyl (C=O) groups excluding carboxylic acids is 2. The van der Waals surface area contributed by atoms with Gasteiger partial charge in [0.2, 0.25) is 0 Å². The van der Waals surface area contributed by atoms with Gasteiger partial charge >= 0.3 is 5.97 Å². The molecule has 2 aromatic carbocycles. The van der Waals surface area contributed by atoms with E-state index in [9.17, 15) is 9.59 Å². The third-order valence-corrected chi connectivity index (χ3v) is 4.93. The van der Waals surface area contributed by atoms with Gasteiger partial charge in [0.15, 0.2) is 6.10 Å². The first kappa shape index (κ1) is 20.6. The molecule has 0 aliphatic carbocycles. The third kappa shape index (κ3) is 4.66. The molecule has 0 saturated heterocycles. The van der Waals surface area contributed by atoms with Gasteiger partial charge in [-0.3, -0.25) is 4.79 Å². The molecule has 150 valence electrons. The van der Waals surface area contributed by atoms with Gasteiger partial charge in [-0.25, -0.2) is 9.48 Å². The lowest BCUT2D eigenvalue weighted by molar-refractivity contribution is -0.126. The van der Waals surface area contributed by atoms with Crippen LogP contribution >= 0.6 is 11.6 Å². The van der Waals surface area contributed by atoms with E-state index in [1.807, 2.05) is 48.5 Å². The molecule has 0 saturated carbocycles. The summed E-state index contributed by atoms with van der Waals surface area (Å²) in [4.78, 5) is 26.8. The highest BCUT2D eigenvalue weighted by Crippen LogP contribution is 2.23. The number of benzene rings is 2. The summed E-state index contributed by atoms with van der Waals surface area (Å²) in [5.41, 5.74) is 2.34. The van der Waals surface area contributed by atoms with Crippen LogP contribution in [0.15, 0.2) is 60.7 Å². The smallest absolute Gasteiger partial charge is 0.343 e. The summed E-state index contributed by atoms with van der Waals surface area (Å²) in [5.74, 6) is -1.01. The molecule has 1 aromatic heterocycles. The van der Waals surface area contributed by atoms with Crippen molar-refractivity contribution in [2.75, 3.05) is 11.9 Å². The molecule has 0 aliphatic rings. The Bertz CT molecular complexity index is 1000. The van der Waals surface area contributed by atoms with Crippen molar-refractivity contribution in [1.29, 1.82) is 0 Å². The Balaban J connectivity index is 1.72. The molecule has 0 radical (unpaired) electrons. The third-order valence-electron chi connectivity index (χ3n) is 4.55. The van der Waals surface area contributed by atoms with Gasteiger partial charge in [0.1, 0.15) is 10.7 Å². The van der Waals surface area contributed by atoms with Gasteiger partial charge in [0.25, 0.3) is 5.91 Å². The predicted octanol–water partition coefficient (Wildman–Crippen LogP) is 4.10. The van der Waals surface area contributed by atoms with E-state index in [0.717, 1.165) is 5.56 Å². The van der Waals surface area contributed by atoms with E-state index in [4.69, 9.17) is 16.3 Å². The number of esters is 1. The number of halogens is 1. The van der Waals surface area contributed by atoms with E-state index < -0.39 is 12.1 Å². The van der Waals surface area contributed by atoms with Crippen molar-refractivity contribution in [1.82, 2.24) is 9.78 Å². The Kier molecular flexibility index (Phi) is 6.34. The number of para-hydroxylation sites is 1. The Morgan fingerprint density at radius 1 is 1.10 bits per heavy atom. The minimum Gasteiger partial charge on any atom is -0.449 e. The van der Waals surface area contributed by atoms with Gasteiger partial charge in [-0.15, -0.1) is 0 Å². The van der Waals surface area contributed by atoms with Crippen molar-refractivity contribution in [2.45, 2.75) is 26.5 Å². The SMILES string of the molecule is Cc1nn(Cc2ccccc2)c(Cl)c1C(=O)O[C@@H](C)C(=O)N(C)c1ccccc1. The fraction of sp³-hybridized carbons (Fsp3) is 0.227. The number of rotatable bonds is 6. The standard InChI is InChI=1S/C22H22ClN3O3/c1-15-19(20(23)26(24-15)14-17-10-6-4-7-11-17)22(28)29-16(2)21(27)25(3)18-12-8-5-9-13-18/h4-13,16H,14H2,1-3H3/t16-/m0/s1. The van der Waals surface area contributed by atoms with Crippen molar-refractivity contribution >= 4 is 29.2 Å². The van der Waals surface area contributed by atoms with Crippen LogP contribution in [0.25, 0.3) is 0 Å². The summed E-state index contributed by atoms with van der Waals surface area (Å²) < 4.78 is 6.95. The first-order valence-electron chi connectivity index (χ1n) is 9.19. The van der Waals surface area contributed by atoms with Crippen LogP contribution in [0.2, 0.25) is 5.15 Å². The lowest BCUT2D eigenvalue weighted by Crippen LogP contribution is -2.37. The maximum Gasteiger partial charge on any atom is 0.343 e. The van der Waals surface area contributed by atoms with Crippen LogP contribution in [0.5, 0.6) is 0 Å². The molecule has 6 nitrogen and oxygen atoms in total. The predicted molar refractivity (Wildman–Crippen MR) is 112 cm³/mol. The number of nitrogens with zero attached hydrogens (tertiary/aromatic N) is 3. The zero-order valence-electron chi connectivity index (χ0n) is 16.5. The summed E-state index contributed by atoms with van der Waals surface area (Å²) in [6, 6.07) is 18.8. The molecule has 0 bridgehead atoms. The first-order chi connectivity index (χ1) is 13.9. The van der Waals surface area contributed by atoms with Crippen LogP contribution in [-0.2, 0) is 16.1 Å². The zero-order valence-corrected chi connectivity index (χ0v) is 17.3. The number of carbonyl (C=O) groups is 2. The topological polar surface area (TPSA) is 64.4 Å². The maximum absolute atomic E-state index is 12.7. The number of hydrogen-bond acceptors (Lipinski definition) is 4. The molecule has 7 heteroatoms. The Hall–Kier alpha value is -3.12. The van der Waals surface area contributed by atoms with Crippen LogP contribution < -0.4 is 4.90 Å². The van der Waals surface area contributed by atoms with Crippen LogP contribution in [-0.4, -0.2) is 34.8 Å². The van der Waals surface area contributed by atoms with Crippen molar-refractivity contribution < 1.29 is 14.3 Å². The maximum atomic E-state index is 12.7. The molecule has 0 N–H and O–H groups in total. The average Bonchev–Trinajstić information content (AvgIpc) is 3.01. The Morgan fingerprint density at radius 3 is 2.31 bits per heavy atom. The molecule has 3 rings (SSSR count). The molecule has 0 unspecified atom stereocenters. The molecule has 0 aliphatic heterocycles. The van der Waals surface area contributed by atoms with E-state index in [0.29, 0.717) is 17.9 Å². The molecule has 1 heterocycles. The van der Waals surface area contributed by atoms with Crippen molar-refractivity contribution in [3.8, 4) is 0 Å². The van der Waals surface area contributed by atoms with Crippen molar-refractivity contribution in [2.24, 2.45) is 0 Å². The van der Waals surface area contributed by atoms with Crippen LogP contribution in [0.1, 0.15) is 28.5 Å². The van der Waals surface area contributed by atoms with Crippen molar-refractivity contribution in [3.05, 3.63) is 82.6 Å². The molecule has 1 atom stereocenters. The summed E-state index contributed by atoms with van der Waals surface area (Å²) in [5, 5.41) is 4.54. The van der Waals surface area contributed by atoms with Crippen LogP contribution in [0, 0.1) is 6.92 Å². The van der Waals surface area contributed by atoms with Gasteiger partial charge in [-0.2, -0.15) is 5.10 Å². The number of aromatic nitrogens is 2. The molecule has 0 spiro atoms. The molecule has 1 amide bonds. The number of amides is 1. The second kappa shape index (κ2) is 8.92. The molecular weight excluding hydrogens is 390 g/mol. The lowest BCUT2D eigenvalue weighted by atomic mass is 10.2. The summed E-state index contributed by atoms with van der Waals surface area (Å²) >= 11 is 6.40. The van der Waals surface area contributed by atoms with Gasteiger partial charge < -0.3 is 9.64 Å².